The van der Waals surface area contributed by atoms with Gasteiger partial charge in [-0.05, 0) is 48.4 Å². The summed E-state index contributed by atoms with van der Waals surface area (Å²) >= 11 is 0. The van der Waals surface area contributed by atoms with E-state index >= 15 is 0 Å². The van der Waals surface area contributed by atoms with Gasteiger partial charge in [0.2, 0.25) is 0 Å². The van der Waals surface area contributed by atoms with Crippen LogP contribution in [0.1, 0.15) is 45.9 Å². The maximum atomic E-state index is 12.2. The number of carbonyl (C=O) groups excluding carboxylic acids is 1. The van der Waals surface area contributed by atoms with E-state index in [0.717, 1.165) is 54.0 Å². The van der Waals surface area contributed by atoms with E-state index in [0.29, 0.717) is 12.5 Å². The van der Waals surface area contributed by atoms with Gasteiger partial charge in [-0.2, -0.15) is 5.10 Å². The molecule has 2 aliphatic heterocycles. The molecule has 1 amide bonds. The van der Waals surface area contributed by atoms with Gasteiger partial charge in [0.15, 0.2) is 0 Å². The number of aromatic nitrogens is 2. The van der Waals surface area contributed by atoms with E-state index in [-0.39, 0.29) is 5.91 Å². The van der Waals surface area contributed by atoms with E-state index in [4.69, 9.17) is 4.74 Å². The van der Waals surface area contributed by atoms with Crippen LogP contribution in [0.5, 0.6) is 0 Å². The molecular weight excluding hydrogens is 290 g/mol. The zero-order valence-electron chi connectivity index (χ0n) is 13.6. The molecule has 5 heteroatoms. The first kappa shape index (κ1) is 14.5. The summed E-state index contributed by atoms with van der Waals surface area (Å²) in [7, 11) is 1.95. The maximum absolute atomic E-state index is 12.2. The predicted octanol–water partition coefficient (Wildman–Crippen LogP) is 2.53. The topological polar surface area (TPSA) is 56.1 Å². The standard InChI is InChI=1S/C18H21N3O2/c1-11-16(10-20-21(11)2)14-7-13(12-3-5-23-6-4-12)8-15-17(14)9-19-18(15)22/h7-8,10,12H,3-6,9H2,1-2H3,(H,19,22). The number of hydrogen-bond acceptors (Lipinski definition) is 3. The predicted molar refractivity (Wildman–Crippen MR) is 87.3 cm³/mol. The zero-order valence-corrected chi connectivity index (χ0v) is 13.6. The summed E-state index contributed by atoms with van der Waals surface area (Å²) in [5, 5.41) is 7.33. The molecule has 0 saturated carbocycles. The third-order valence-corrected chi connectivity index (χ3v) is 5.16. The molecule has 0 bridgehead atoms. The molecule has 1 aromatic heterocycles. The van der Waals surface area contributed by atoms with E-state index < -0.39 is 0 Å². The first-order valence-electron chi connectivity index (χ1n) is 8.17. The Labute approximate surface area is 135 Å². The Morgan fingerprint density at radius 1 is 1.22 bits per heavy atom. The number of ether oxygens (including phenoxy) is 1. The molecule has 0 atom stereocenters. The fraction of sp³-hybridized carbons (Fsp3) is 0.444. The number of hydrogen-bond donors (Lipinski definition) is 1. The molecule has 1 N–H and O–H groups in total. The summed E-state index contributed by atoms with van der Waals surface area (Å²) in [6, 6.07) is 4.35. The number of aryl methyl sites for hydroxylation is 1. The van der Waals surface area contributed by atoms with Crippen molar-refractivity contribution in [1.29, 1.82) is 0 Å². The summed E-state index contributed by atoms with van der Waals surface area (Å²) in [5.74, 6) is 0.509. The molecule has 23 heavy (non-hydrogen) atoms. The van der Waals surface area contributed by atoms with Crippen molar-refractivity contribution in [1.82, 2.24) is 15.1 Å². The monoisotopic (exact) mass is 311 g/mol. The molecule has 1 aromatic carbocycles. The Morgan fingerprint density at radius 3 is 2.65 bits per heavy atom. The first-order valence-corrected chi connectivity index (χ1v) is 8.17. The fourth-order valence-corrected chi connectivity index (χ4v) is 3.62. The number of nitrogens with one attached hydrogen (secondary N) is 1. The number of amides is 1. The second kappa shape index (κ2) is 5.49. The minimum atomic E-state index is 0.0386. The van der Waals surface area contributed by atoms with E-state index in [9.17, 15) is 4.79 Å². The minimum Gasteiger partial charge on any atom is -0.381 e. The van der Waals surface area contributed by atoms with Crippen molar-refractivity contribution in [2.75, 3.05) is 13.2 Å². The molecule has 0 aliphatic carbocycles. The molecule has 4 rings (SSSR count). The summed E-state index contributed by atoms with van der Waals surface area (Å²) in [6.45, 7) is 4.27. The molecule has 3 heterocycles. The Kier molecular flexibility index (Phi) is 3.45. The molecule has 2 aromatic rings. The number of nitrogens with zero attached hydrogens (tertiary/aromatic N) is 2. The second-order valence-electron chi connectivity index (χ2n) is 6.43. The summed E-state index contributed by atoms with van der Waals surface area (Å²) in [4.78, 5) is 12.2. The SMILES string of the molecule is Cc1c(-c2cc(C3CCOCC3)cc3c2CNC3=O)cnn1C. The smallest absolute Gasteiger partial charge is 0.251 e. The van der Waals surface area contributed by atoms with Crippen LogP contribution >= 0.6 is 0 Å². The largest absolute Gasteiger partial charge is 0.381 e. The highest BCUT2D eigenvalue weighted by atomic mass is 16.5. The van der Waals surface area contributed by atoms with Gasteiger partial charge in [-0.1, -0.05) is 6.07 Å². The number of rotatable bonds is 2. The molecule has 0 radical (unpaired) electrons. The Bertz CT molecular complexity index is 773. The van der Waals surface area contributed by atoms with Crippen LogP contribution in [0.25, 0.3) is 11.1 Å². The Hall–Kier alpha value is -2.14. The molecular formula is C18H21N3O2. The van der Waals surface area contributed by atoms with Crippen LogP contribution in [-0.4, -0.2) is 28.9 Å². The van der Waals surface area contributed by atoms with Gasteiger partial charge in [0.25, 0.3) is 5.91 Å². The lowest BCUT2D eigenvalue weighted by molar-refractivity contribution is 0.0853. The molecule has 5 nitrogen and oxygen atoms in total. The average Bonchev–Trinajstić information content (AvgIpc) is 3.11. The third-order valence-electron chi connectivity index (χ3n) is 5.16. The van der Waals surface area contributed by atoms with E-state index in [1.165, 1.54) is 5.56 Å². The van der Waals surface area contributed by atoms with Gasteiger partial charge in [0.1, 0.15) is 0 Å². The number of fused-ring (bicyclic) bond motifs is 1. The average molecular weight is 311 g/mol. The lowest BCUT2D eigenvalue weighted by atomic mass is 9.86. The van der Waals surface area contributed by atoms with Crippen LogP contribution in [0.15, 0.2) is 18.3 Å². The van der Waals surface area contributed by atoms with E-state index in [2.05, 4.69) is 29.5 Å². The number of benzene rings is 1. The molecule has 1 fully saturated rings. The first-order chi connectivity index (χ1) is 11.1. The van der Waals surface area contributed by atoms with Gasteiger partial charge in [0.05, 0.1) is 6.20 Å². The zero-order chi connectivity index (χ0) is 16.0. The van der Waals surface area contributed by atoms with Gasteiger partial charge in [-0.3, -0.25) is 9.48 Å². The van der Waals surface area contributed by atoms with Gasteiger partial charge in [-0.15, -0.1) is 0 Å². The van der Waals surface area contributed by atoms with Crippen molar-refractivity contribution in [2.24, 2.45) is 7.05 Å². The van der Waals surface area contributed by atoms with Crippen molar-refractivity contribution in [3.63, 3.8) is 0 Å². The number of carbonyl (C=O) groups is 1. The summed E-state index contributed by atoms with van der Waals surface area (Å²) in [5.41, 5.74) is 6.56. The molecule has 0 unspecified atom stereocenters. The van der Waals surface area contributed by atoms with Crippen LogP contribution in [-0.2, 0) is 18.3 Å². The quantitative estimate of drug-likeness (QED) is 0.927. The molecule has 120 valence electrons. The lowest BCUT2D eigenvalue weighted by Gasteiger charge is -2.23. The van der Waals surface area contributed by atoms with Gasteiger partial charge in [-0.25, -0.2) is 0 Å². The second-order valence-corrected chi connectivity index (χ2v) is 6.43. The normalized spacial score (nSPS) is 18.1. The minimum absolute atomic E-state index is 0.0386. The Morgan fingerprint density at radius 2 is 1.96 bits per heavy atom. The van der Waals surface area contributed by atoms with Crippen molar-refractivity contribution in [3.8, 4) is 11.1 Å². The van der Waals surface area contributed by atoms with E-state index in [1.807, 2.05) is 17.9 Å². The Balaban J connectivity index is 1.87. The van der Waals surface area contributed by atoms with Crippen LogP contribution in [0.3, 0.4) is 0 Å². The molecule has 2 aliphatic rings. The van der Waals surface area contributed by atoms with Crippen LogP contribution < -0.4 is 5.32 Å². The summed E-state index contributed by atoms with van der Waals surface area (Å²) < 4.78 is 7.36. The highest BCUT2D eigenvalue weighted by molar-refractivity contribution is 6.01. The van der Waals surface area contributed by atoms with Crippen molar-refractivity contribution in [3.05, 3.63) is 40.7 Å². The van der Waals surface area contributed by atoms with E-state index in [1.54, 1.807) is 0 Å². The van der Waals surface area contributed by atoms with Crippen molar-refractivity contribution >= 4 is 5.91 Å². The lowest BCUT2D eigenvalue weighted by Crippen LogP contribution is -2.15. The molecule has 0 spiro atoms. The van der Waals surface area contributed by atoms with Crippen molar-refractivity contribution < 1.29 is 9.53 Å². The fourth-order valence-electron chi connectivity index (χ4n) is 3.62. The van der Waals surface area contributed by atoms with Gasteiger partial charge < -0.3 is 10.1 Å². The van der Waals surface area contributed by atoms with Crippen LogP contribution in [0, 0.1) is 6.92 Å². The summed E-state index contributed by atoms with van der Waals surface area (Å²) in [6.07, 6.45) is 3.94. The van der Waals surface area contributed by atoms with Gasteiger partial charge in [0, 0.05) is 43.6 Å². The molecule has 1 saturated heterocycles. The van der Waals surface area contributed by atoms with Crippen LogP contribution in [0.4, 0.5) is 0 Å². The van der Waals surface area contributed by atoms with Crippen LogP contribution in [0.2, 0.25) is 0 Å². The maximum Gasteiger partial charge on any atom is 0.251 e. The third kappa shape index (κ3) is 2.36. The highest BCUT2D eigenvalue weighted by Gasteiger charge is 2.27. The highest BCUT2D eigenvalue weighted by Crippen LogP contribution is 2.37. The van der Waals surface area contributed by atoms with Gasteiger partial charge >= 0.3 is 0 Å². The van der Waals surface area contributed by atoms with Crippen molar-refractivity contribution in [2.45, 2.75) is 32.2 Å².